The quantitative estimate of drug-likeness (QED) is 0.890. The molecule has 0 fully saturated rings. The van der Waals surface area contributed by atoms with Crippen molar-refractivity contribution in [2.45, 2.75) is 60.4 Å². The number of hydrogen-bond acceptors (Lipinski definition) is 2. The molecule has 21 heavy (non-hydrogen) atoms. The zero-order chi connectivity index (χ0) is 16.3. The number of carbonyl (C=O) groups is 1. The summed E-state index contributed by atoms with van der Waals surface area (Å²) >= 11 is 0. The number of rotatable bonds is 5. The monoisotopic (exact) mass is 291 g/mol. The minimum absolute atomic E-state index is 0.0517. The van der Waals surface area contributed by atoms with Gasteiger partial charge in [-0.05, 0) is 62.8 Å². The fraction of sp³-hybridized carbons (Fsp3) is 0.611. The van der Waals surface area contributed by atoms with Gasteiger partial charge in [-0.2, -0.15) is 0 Å². The first kappa shape index (κ1) is 17.5. The van der Waals surface area contributed by atoms with E-state index < -0.39 is 0 Å². The van der Waals surface area contributed by atoms with Gasteiger partial charge in [-0.15, -0.1) is 0 Å². The van der Waals surface area contributed by atoms with Crippen molar-refractivity contribution in [3.63, 3.8) is 0 Å². The van der Waals surface area contributed by atoms with Crippen molar-refractivity contribution < 1.29 is 9.53 Å². The van der Waals surface area contributed by atoms with Gasteiger partial charge in [0, 0.05) is 5.54 Å². The second-order valence-corrected chi connectivity index (χ2v) is 7.70. The summed E-state index contributed by atoms with van der Waals surface area (Å²) in [7, 11) is 0. The second-order valence-electron chi connectivity index (χ2n) is 7.70. The van der Waals surface area contributed by atoms with Crippen molar-refractivity contribution >= 4 is 5.91 Å². The van der Waals surface area contributed by atoms with Crippen molar-refractivity contribution in [1.82, 2.24) is 5.32 Å². The van der Waals surface area contributed by atoms with Crippen LogP contribution in [0.2, 0.25) is 0 Å². The SMILES string of the molecule is Cc1ccc(OCC(=O)NC(C)(C)CC(C)(C)C)cc1C. The van der Waals surface area contributed by atoms with Crippen molar-refractivity contribution in [3.05, 3.63) is 29.3 Å². The molecule has 0 saturated heterocycles. The minimum Gasteiger partial charge on any atom is -0.484 e. The molecule has 1 N–H and O–H groups in total. The third-order valence-corrected chi connectivity index (χ3v) is 3.30. The van der Waals surface area contributed by atoms with Crippen LogP contribution < -0.4 is 10.1 Å². The van der Waals surface area contributed by atoms with E-state index in [-0.39, 0.29) is 23.5 Å². The number of nitrogens with one attached hydrogen (secondary N) is 1. The lowest BCUT2D eigenvalue weighted by molar-refractivity contribution is -0.125. The molecular weight excluding hydrogens is 262 g/mol. The summed E-state index contributed by atoms with van der Waals surface area (Å²) < 4.78 is 5.57. The van der Waals surface area contributed by atoms with Gasteiger partial charge in [0.1, 0.15) is 5.75 Å². The minimum atomic E-state index is -0.234. The molecule has 1 aromatic rings. The predicted octanol–water partition coefficient (Wildman–Crippen LogP) is 4.01. The highest BCUT2D eigenvalue weighted by Crippen LogP contribution is 2.26. The summed E-state index contributed by atoms with van der Waals surface area (Å²) in [4.78, 5) is 12.0. The lowest BCUT2D eigenvalue weighted by Crippen LogP contribution is -2.47. The Labute approximate surface area is 129 Å². The molecule has 0 aliphatic carbocycles. The van der Waals surface area contributed by atoms with Gasteiger partial charge in [0.15, 0.2) is 6.61 Å². The molecule has 0 spiro atoms. The van der Waals surface area contributed by atoms with E-state index in [1.54, 1.807) is 0 Å². The Morgan fingerprint density at radius 2 is 1.71 bits per heavy atom. The summed E-state index contributed by atoms with van der Waals surface area (Å²) in [6.45, 7) is 14.8. The molecule has 0 aromatic heterocycles. The third-order valence-electron chi connectivity index (χ3n) is 3.30. The summed E-state index contributed by atoms with van der Waals surface area (Å²) in [6, 6.07) is 5.87. The van der Waals surface area contributed by atoms with Crippen LogP contribution in [0.4, 0.5) is 0 Å². The predicted molar refractivity (Wildman–Crippen MR) is 87.7 cm³/mol. The Kier molecular flexibility index (Phi) is 5.43. The van der Waals surface area contributed by atoms with Crippen LogP contribution in [0, 0.1) is 19.3 Å². The normalized spacial score (nSPS) is 12.1. The van der Waals surface area contributed by atoms with Crippen LogP contribution in [0.25, 0.3) is 0 Å². The topological polar surface area (TPSA) is 38.3 Å². The Hall–Kier alpha value is -1.51. The highest BCUT2D eigenvalue weighted by Gasteiger charge is 2.26. The van der Waals surface area contributed by atoms with E-state index in [1.165, 1.54) is 11.1 Å². The number of ether oxygens (including phenoxy) is 1. The maximum Gasteiger partial charge on any atom is 0.258 e. The lowest BCUT2D eigenvalue weighted by atomic mass is 9.82. The molecule has 0 heterocycles. The molecule has 0 unspecified atom stereocenters. The Balaban J connectivity index is 2.52. The Morgan fingerprint density at radius 1 is 1.10 bits per heavy atom. The maximum atomic E-state index is 12.0. The smallest absolute Gasteiger partial charge is 0.258 e. The summed E-state index contributed by atoms with van der Waals surface area (Å²) in [6.07, 6.45) is 0.912. The van der Waals surface area contributed by atoms with Crippen LogP contribution in [-0.2, 0) is 4.79 Å². The maximum absolute atomic E-state index is 12.0. The zero-order valence-electron chi connectivity index (χ0n) is 14.5. The summed E-state index contributed by atoms with van der Waals surface area (Å²) in [5.74, 6) is 0.657. The summed E-state index contributed by atoms with van der Waals surface area (Å²) in [5, 5.41) is 3.05. The van der Waals surface area contributed by atoms with Crippen molar-refractivity contribution in [3.8, 4) is 5.75 Å². The Morgan fingerprint density at radius 3 is 2.24 bits per heavy atom. The van der Waals surface area contributed by atoms with Crippen molar-refractivity contribution in [1.29, 1.82) is 0 Å². The standard InChI is InChI=1S/C18H29NO2/c1-13-8-9-15(10-14(13)2)21-11-16(20)19-18(6,7)12-17(3,4)5/h8-10H,11-12H2,1-7H3,(H,19,20). The third kappa shape index (κ3) is 6.65. The first-order valence-electron chi connectivity index (χ1n) is 7.50. The van der Waals surface area contributed by atoms with E-state index in [0.717, 1.165) is 12.2 Å². The molecule has 1 amide bonds. The average molecular weight is 291 g/mol. The molecule has 0 bridgehead atoms. The highest BCUT2D eigenvalue weighted by molar-refractivity contribution is 5.78. The van der Waals surface area contributed by atoms with E-state index in [9.17, 15) is 4.79 Å². The van der Waals surface area contributed by atoms with E-state index in [2.05, 4.69) is 33.0 Å². The molecule has 3 heteroatoms. The van der Waals surface area contributed by atoms with Gasteiger partial charge in [0.05, 0.1) is 0 Å². The first-order chi connectivity index (χ1) is 9.48. The van der Waals surface area contributed by atoms with Crippen LogP contribution in [0.1, 0.15) is 52.2 Å². The van der Waals surface area contributed by atoms with E-state index >= 15 is 0 Å². The molecule has 118 valence electrons. The van der Waals surface area contributed by atoms with Gasteiger partial charge in [-0.1, -0.05) is 26.8 Å². The van der Waals surface area contributed by atoms with Crippen LogP contribution in [0.15, 0.2) is 18.2 Å². The molecule has 0 aliphatic heterocycles. The van der Waals surface area contributed by atoms with E-state index in [0.29, 0.717) is 0 Å². The highest BCUT2D eigenvalue weighted by atomic mass is 16.5. The van der Waals surface area contributed by atoms with Gasteiger partial charge in [-0.3, -0.25) is 4.79 Å². The largest absolute Gasteiger partial charge is 0.484 e. The number of hydrogen-bond donors (Lipinski definition) is 1. The Bertz CT molecular complexity index is 498. The molecule has 3 nitrogen and oxygen atoms in total. The van der Waals surface area contributed by atoms with Gasteiger partial charge in [-0.25, -0.2) is 0 Å². The molecule has 0 atom stereocenters. The molecule has 0 saturated carbocycles. The zero-order valence-corrected chi connectivity index (χ0v) is 14.5. The molecule has 0 radical (unpaired) electrons. The van der Waals surface area contributed by atoms with Gasteiger partial charge in [0.25, 0.3) is 5.91 Å². The lowest BCUT2D eigenvalue weighted by Gasteiger charge is -2.33. The van der Waals surface area contributed by atoms with E-state index in [1.807, 2.05) is 39.0 Å². The number of carbonyl (C=O) groups excluding carboxylic acids is 1. The van der Waals surface area contributed by atoms with Crippen molar-refractivity contribution in [2.75, 3.05) is 6.61 Å². The number of aryl methyl sites for hydroxylation is 2. The first-order valence-corrected chi connectivity index (χ1v) is 7.50. The number of amides is 1. The molecule has 1 aromatic carbocycles. The molecule has 0 aliphatic rings. The van der Waals surface area contributed by atoms with E-state index in [4.69, 9.17) is 4.74 Å². The van der Waals surface area contributed by atoms with Crippen LogP contribution in [-0.4, -0.2) is 18.1 Å². The summed E-state index contributed by atoms with van der Waals surface area (Å²) in [5.41, 5.74) is 2.33. The van der Waals surface area contributed by atoms with Crippen LogP contribution >= 0.6 is 0 Å². The average Bonchev–Trinajstić information content (AvgIpc) is 2.26. The van der Waals surface area contributed by atoms with Crippen LogP contribution in [0.5, 0.6) is 5.75 Å². The van der Waals surface area contributed by atoms with Crippen LogP contribution in [0.3, 0.4) is 0 Å². The number of benzene rings is 1. The second kappa shape index (κ2) is 6.50. The van der Waals surface area contributed by atoms with Gasteiger partial charge in [0.2, 0.25) is 0 Å². The molecule has 1 rings (SSSR count). The van der Waals surface area contributed by atoms with Gasteiger partial charge >= 0.3 is 0 Å². The van der Waals surface area contributed by atoms with Crippen molar-refractivity contribution in [2.24, 2.45) is 5.41 Å². The fourth-order valence-corrected chi connectivity index (χ4v) is 2.74. The fourth-order valence-electron chi connectivity index (χ4n) is 2.74. The van der Waals surface area contributed by atoms with Gasteiger partial charge < -0.3 is 10.1 Å². The molecular formula is C18H29NO2.